The number of benzene rings is 2. The number of halogens is 4. The topological polar surface area (TPSA) is 38.0 Å². The van der Waals surface area contributed by atoms with Crippen LogP contribution < -0.4 is 11.1 Å². The molecule has 0 radical (unpaired) electrons. The van der Waals surface area contributed by atoms with Crippen LogP contribution in [0.4, 0.5) is 20.2 Å². The summed E-state index contributed by atoms with van der Waals surface area (Å²) >= 11 is 13.8. The molecule has 0 aliphatic heterocycles. The lowest BCUT2D eigenvalue weighted by Gasteiger charge is -2.13. The monoisotopic (exact) mass is 376 g/mol. The molecule has 0 spiro atoms. The van der Waals surface area contributed by atoms with Crippen molar-refractivity contribution >= 4 is 56.1 Å². The van der Waals surface area contributed by atoms with Gasteiger partial charge in [-0.15, -0.1) is 0 Å². The fraction of sp³-hybridized carbons (Fsp3) is 0. The first-order chi connectivity index (χ1) is 9.38. The summed E-state index contributed by atoms with van der Waals surface area (Å²) in [6, 6.07) is 6.88. The molecule has 0 atom stereocenters. The minimum atomic E-state index is -0.737. The Morgan fingerprint density at radius 1 is 1.15 bits per heavy atom. The Kier molecular flexibility index (Phi) is 4.57. The van der Waals surface area contributed by atoms with Crippen molar-refractivity contribution in [2.45, 2.75) is 0 Å². The minimum absolute atomic E-state index is 0.0815. The summed E-state index contributed by atoms with van der Waals surface area (Å²) in [5.41, 5.74) is 6.64. The number of anilines is 2. The molecule has 0 fully saturated rings. The van der Waals surface area contributed by atoms with Gasteiger partial charge in [-0.3, -0.25) is 0 Å². The van der Waals surface area contributed by atoms with E-state index in [2.05, 4.69) is 21.2 Å². The SMILES string of the molecule is NC(=S)c1ccc(Cl)cc1Nc1cc(Br)c(F)cc1F. The minimum Gasteiger partial charge on any atom is -0.389 e. The third kappa shape index (κ3) is 3.26. The van der Waals surface area contributed by atoms with Gasteiger partial charge in [-0.25, -0.2) is 8.78 Å². The summed E-state index contributed by atoms with van der Waals surface area (Å²) in [5, 5.41) is 3.25. The van der Waals surface area contributed by atoms with E-state index in [0.29, 0.717) is 16.3 Å². The number of thiocarbonyl (C=S) groups is 1. The quantitative estimate of drug-likeness (QED) is 0.598. The molecule has 0 saturated carbocycles. The van der Waals surface area contributed by atoms with Crippen LogP contribution in [0, 0.1) is 11.6 Å². The summed E-state index contributed by atoms with van der Waals surface area (Å²) in [4.78, 5) is 0.144. The third-order valence-electron chi connectivity index (χ3n) is 2.53. The van der Waals surface area contributed by atoms with Crippen LogP contribution in [0.2, 0.25) is 5.02 Å². The average molecular weight is 378 g/mol. The Balaban J connectivity index is 2.47. The highest BCUT2D eigenvalue weighted by Crippen LogP contribution is 2.29. The van der Waals surface area contributed by atoms with Crippen LogP contribution >= 0.6 is 39.7 Å². The van der Waals surface area contributed by atoms with Crippen molar-refractivity contribution in [3.63, 3.8) is 0 Å². The molecule has 0 aliphatic carbocycles. The molecule has 0 amide bonds. The molecule has 2 rings (SSSR count). The first kappa shape index (κ1) is 15.2. The van der Waals surface area contributed by atoms with E-state index in [9.17, 15) is 8.78 Å². The van der Waals surface area contributed by atoms with Crippen LogP contribution in [-0.2, 0) is 0 Å². The van der Waals surface area contributed by atoms with Gasteiger partial charge in [0.15, 0.2) is 0 Å². The molecule has 20 heavy (non-hydrogen) atoms. The number of nitrogens with two attached hydrogens (primary N) is 1. The summed E-state index contributed by atoms with van der Waals surface area (Å²) in [7, 11) is 0. The van der Waals surface area contributed by atoms with Crippen LogP contribution in [0.5, 0.6) is 0 Å². The van der Waals surface area contributed by atoms with Gasteiger partial charge in [-0.05, 0) is 40.2 Å². The molecule has 0 aromatic heterocycles. The van der Waals surface area contributed by atoms with Gasteiger partial charge in [0.25, 0.3) is 0 Å². The third-order valence-corrected chi connectivity index (χ3v) is 3.59. The molecular formula is C13H8BrClF2N2S. The number of nitrogens with one attached hydrogen (secondary N) is 1. The lowest BCUT2D eigenvalue weighted by molar-refractivity contribution is 0.581. The zero-order valence-corrected chi connectivity index (χ0v) is 13.0. The van der Waals surface area contributed by atoms with E-state index in [0.717, 1.165) is 6.07 Å². The summed E-state index contributed by atoms with van der Waals surface area (Å²) in [6.45, 7) is 0. The van der Waals surface area contributed by atoms with Crippen molar-refractivity contribution in [2.24, 2.45) is 5.73 Å². The fourth-order valence-electron chi connectivity index (χ4n) is 1.60. The van der Waals surface area contributed by atoms with Gasteiger partial charge in [-0.2, -0.15) is 0 Å². The van der Waals surface area contributed by atoms with Crippen molar-refractivity contribution in [3.8, 4) is 0 Å². The Morgan fingerprint density at radius 3 is 2.50 bits per heavy atom. The van der Waals surface area contributed by atoms with E-state index in [1.807, 2.05) is 0 Å². The van der Waals surface area contributed by atoms with Gasteiger partial charge in [0.1, 0.15) is 16.6 Å². The van der Waals surface area contributed by atoms with E-state index >= 15 is 0 Å². The standard InChI is InChI=1S/C13H8BrClF2N2S/c14-8-4-12(10(17)5-9(8)16)19-11-3-6(15)1-2-7(11)13(18)20/h1-5,19H,(H2,18,20). The summed E-state index contributed by atoms with van der Waals surface area (Å²) in [6.07, 6.45) is 0. The highest BCUT2D eigenvalue weighted by Gasteiger charge is 2.12. The molecule has 2 nitrogen and oxygen atoms in total. The van der Waals surface area contributed by atoms with E-state index in [4.69, 9.17) is 29.6 Å². The second-order valence-corrected chi connectivity index (χ2v) is 5.66. The number of hydrogen-bond donors (Lipinski definition) is 2. The van der Waals surface area contributed by atoms with Crippen molar-refractivity contribution in [2.75, 3.05) is 5.32 Å². The Bertz CT molecular complexity index is 694. The van der Waals surface area contributed by atoms with Gasteiger partial charge in [-0.1, -0.05) is 23.8 Å². The van der Waals surface area contributed by atoms with Gasteiger partial charge in [0.2, 0.25) is 0 Å². The maximum Gasteiger partial charge on any atom is 0.149 e. The first-order valence-corrected chi connectivity index (χ1v) is 6.97. The van der Waals surface area contributed by atoms with Crippen LogP contribution in [0.25, 0.3) is 0 Å². The van der Waals surface area contributed by atoms with Crippen LogP contribution in [0.15, 0.2) is 34.8 Å². The smallest absolute Gasteiger partial charge is 0.149 e. The molecule has 2 aromatic rings. The zero-order valence-electron chi connectivity index (χ0n) is 9.88. The first-order valence-electron chi connectivity index (χ1n) is 5.39. The Hall–Kier alpha value is -1.24. The van der Waals surface area contributed by atoms with Crippen molar-refractivity contribution in [1.29, 1.82) is 0 Å². The maximum absolute atomic E-state index is 13.7. The van der Waals surface area contributed by atoms with Crippen LogP contribution in [0.3, 0.4) is 0 Å². The Labute approximate surface area is 133 Å². The second-order valence-electron chi connectivity index (χ2n) is 3.93. The molecule has 7 heteroatoms. The molecule has 0 bridgehead atoms. The van der Waals surface area contributed by atoms with E-state index in [1.54, 1.807) is 18.2 Å². The normalized spacial score (nSPS) is 10.4. The molecule has 0 aliphatic rings. The molecular weight excluding hydrogens is 370 g/mol. The van der Waals surface area contributed by atoms with Gasteiger partial charge in [0, 0.05) is 16.7 Å². The van der Waals surface area contributed by atoms with E-state index < -0.39 is 11.6 Å². The summed E-state index contributed by atoms with van der Waals surface area (Å²) < 4.78 is 27.1. The number of hydrogen-bond acceptors (Lipinski definition) is 2. The largest absolute Gasteiger partial charge is 0.389 e. The maximum atomic E-state index is 13.7. The lowest BCUT2D eigenvalue weighted by atomic mass is 10.1. The molecule has 2 aromatic carbocycles. The molecule has 104 valence electrons. The van der Waals surface area contributed by atoms with E-state index in [1.165, 1.54) is 6.07 Å². The zero-order chi connectivity index (χ0) is 14.9. The van der Waals surface area contributed by atoms with E-state index in [-0.39, 0.29) is 15.1 Å². The molecule has 0 heterocycles. The molecule has 0 saturated heterocycles. The van der Waals surface area contributed by atoms with Crippen molar-refractivity contribution < 1.29 is 8.78 Å². The van der Waals surface area contributed by atoms with Crippen LogP contribution in [-0.4, -0.2) is 4.99 Å². The number of rotatable bonds is 3. The predicted octanol–water partition coefficient (Wildman–Crippen LogP) is 4.76. The predicted molar refractivity (Wildman–Crippen MR) is 84.7 cm³/mol. The Morgan fingerprint density at radius 2 is 1.85 bits per heavy atom. The van der Waals surface area contributed by atoms with Crippen molar-refractivity contribution in [1.82, 2.24) is 0 Å². The average Bonchev–Trinajstić information content (AvgIpc) is 2.35. The van der Waals surface area contributed by atoms with Crippen molar-refractivity contribution in [3.05, 3.63) is 57.0 Å². The molecule has 0 unspecified atom stereocenters. The van der Waals surface area contributed by atoms with Gasteiger partial charge >= 0.3 is 0 Å². The van der Waals surface area contributed by atoms with Gasteiger partial charge in [0.05, 0.1) is 15.8 Å². The highest BCUT2D eigenvalue weighted by molar-refractivity contribution is 9.10. The highest BCUT2D eigenvalue weighted by atomic mass is 79.9. The van der Waals surface area contributed by atoms with Crippen LogP contribution in [0.1, 0.15) is 5.56 Å². The summed E-state index contributed by atoms with van der Waals surface area (Å²) in [5.74, 6) is -1.42. The fourth-order valence-corrected chi connectivity index (χ4v) is 2.29. The second kappa shape index (κ2) is 6.03. The van der Waals surface area contributed by atoms with Gasteiger partial charge < -0.3 is 11.1 Å². The lowest BCUT2D eigenvalue weighted by Crippen LogP contribution is -2.12. The molecule has 3 N–H and O–H groups in total.